The molecule has 156 valence electrons. The number of rotatable bonds is 7. The van der Waals surface area contributed by atoms with Gasteiger partial charge in [0.25, 0.3) is 0 Å². The highest BCUT2D eigenvalue weighted by atomic mass is 32.2. The summed E-state index contributed by atoms with van der Waals surface area (Å²) >= 11 is 1.62. The summed E-state index contributed by atoms with van der Waals surface area (Å²) in [7, 11) is 0. The maximum absolute atomic E-state index is 12.6. The van der Waals surface area contributed by atoms with Gasteiger partial charge in [0.1, 0.15) is 0 Å². The third-order valence-electron chi connectivity index (χ3n) is 6.07. The zero-order chi connectivity index (χ0) is 20.1. The van der Waals surface area contributed by atoms with Crippen LogP contribution in [0.5, 0.6) is 0 Å². The van der Waals surface area contributed by atoms with Gasteiger partial charge in [-0.15, -0.1) is 16.9 Å². The Morgan fingerprint density at radius 1 is 1.14 bits per heavy atom. The van der Waals surface area contributed by atoms with Crippen molar-refractivity contribution in [1.29, 1.82) is 0 Å². The number of nitrogens with zero attached hydrogens (tertiary/aromatic N) is 6. The molecule has 0 spiro atoms. The Morgan fingerprint density at radius 2 is 1.90 bits per heavy atom. The van der Waals surface area contributed by atoms with Crippen LogP contribution in [0.4, 0.5) is 0 Å². The van der Waals surface area contributed by atoms with Gasteiger partial charge in [-0.1, -0.05) is 37.1 Å². The van der Waals surface area contributed by atoms with E-state index in [0.717, 1.165) is 51.4 Å². The number of thioether (sulfide) groups is 1. The standard InChI is InChI=1S/C21H30N6OS/c1-17-6-2-3-7-18(17)14-25-10-12-26(13-11-25)21(28)16-29-15-20-22-23-24-27(20)19-8-4-5-9-19/h2-3,6-7,19H,4-5,8-16H2,1H3. The van der Waals surface area contributed by atoms with E-state index < -0.39 is 0 Å². The van der Waals surface area contributed by atoms with E-state index in [4.69, 9.17) is 0 Å². The van der Waals surface area contributed by atoms with Crippen molar-refractivity contribution in [2.24, 2.45) is 0 Å². The number of amides is 1. The number of carbonyl (C=O) groups excluding carboxylic acids is 1. The number of carbonyl (C=O) groups is 1. The van der Waals surface area contributed by atoms with Crippen LogP contribution in [0.3, 0.4) is 0 Å². The molecular formula is C21H30N6OS. The van der Waals surface area contributed by atoms with E-state index in [1.807, 2.05) is 9.58 Å². The lowest BCUT2D eigenvalue weighted by atomic mass is 10.1. The van der Waals surface area contributed by atoms with Crippen LogP contribution >= 0.6 is 11.8 Å². The Kier molecular flexibility index (Phi) is 6.82. The number of tetrazole rings is 1. The fourth-order valence-electron chi connectivity index (χ4n) is 4.24. The first-order valence-electron chi connectivity index (χ1n) is 10.6. The van der Waals surface area contributed by atoms with Gasteiger partial charge in [0.05, 0.1) is 17.5 Å². The molecule has 8 heteroatoms. The Bertz CT molecular complexity index is 811. The fourth-order valence-corrected chi connectivity index (χ4v) is 5.08. The monoisotopic (exact) mass is 414 g/mol. The predicted molar refractivity (Wildman–Crippen MR) is 115 cm³/mol. The normalized spacial score (nSPS) is 18.4. The molecule has 1 aliphatic heterocycles. The van der Waals surface area contributed by atoms with Crippen molar-refractivity contribution in [1.82, 2.24) is 30.0 Å². The lowest BCUT2D eigenvalue weighted by Crippen LogP contribution is -2.48. The number of hydrogen-bond donors (Lipinski definition) is 0. The molecule has 4 rings (SSSR count). The molecule has 0 bridgehead atoms. The highest BCUT2D eigenvalue weighted by molar-refractivity contribution is 7.99. The van der Waals surface area contributed by atoms with Gasteiger partial charge in [0, 0.05) is 32.7 Å². The summed E-state index contributed by atoms with van der Waals surface area (Å²) in [6, 6.07) is 8.98. The molecule has 1 saturated carbocycles. The van der Waals surface area contributed by atoms with Crippen LogP contribution in [0.25, 0.3) is 0 Å². The summed E-state index contributed by atoms with van der Waals surface area (Å²) in [5, 5.41) is 12.2. The molecule has 0 unspecified atom stereocenters. The fraction of sp³-hybridized carbons (Fsp3) is 0.619. The molecule has 0 radical (unpaired) electrons. The second-order valence-electron chi connectivity index (χ2n) is 8.05. The van der Waals surface area contributed by atoms with Crippen molar-refractivity contribution in [2.75, 3.05) is 31.9 Å². The molecule has 1 aliphatic carbocycles. The van der Waals surface area contributed by atoms with Crippen molar-refractivity contribution in [3.05, 3.63) is 41.2 Å². The van der Waals surface area contributed by atoms with Gasteiger partial charge in [-0.3, -0.25) is 9.69 Å². The van der Waals surface area contributed by atoms with Crippen molar-refractivity contribution in [2.45, 2.75) is 50.9 Å². The van der Waals surface area contributed by atoms with Gasteiger partial charge in [-0.25, -0.2) is 4.68 Å². The third kappa shape index (κ3) is 5.17. The topological polar surface area (TPSA) is 67.2 Å². The summed E-state index contributed by atoms with van der Waals surface area (Å²) in [6.07, 6.45) is 4.83. The second kappa shape index (κ2) is 9.71. The Balaban J connectivity index is 1.20. The van der Waals surface area contributed by atoms with E-state index in [0.29, 0.717) is 17.5 Å². The van der Waals surface area contributed by atoms with Crippen molar-refractivity contribution in [3.8, 4) is 0 Å². The molecular weight excluding hydrogens is 384 g/mol. The first-order chi connectivity index (χ1) is 14.2. The minimum Gasteiger partial charge on any atom is -0.339 e. The molecule has 7 nitrogen and oxygen atoms in total. The number of piperazine rings is 1. The molecule has 0 atom stereocenters. The van der Waals surface area contributed by atoms with Gasteiger partial charge >= 0.3 is 0 Å². The number of benzene rings is 1. The predicted octanol–water partition coefficient (Wildman–Crippen LogP) is 2.67. The highest BCUT2D eigenvalue weighted by Gasteiger charge is 2.23. The van der Waals surface area contributed by atoms with E-state index in [1.165, 1.54) is 24.0 Å². The second-order valence-corrected chi connectivity index (χ2v) is 9.04. The first kappa shape index (κ1) is 20.3. The Labute approximate surface area is 176 Å². The van der Waals surface area contributed by atoms with E-state index in [-0.39, 0.29) is 5.91 Å². The minimum absolute atomic E-state index is 0.227. The third-order valence-corrected chi connectivity index (χ3v) is 6.98. The molecule has 1 aromatic carbocycles. The molecule has 2 aromatic rings. The summed E-state index contributed by atoms with van der Waals surface area (Å²) in [6.45, 7) is 6.62. The summed E-state index contributed by atoms with van der Waals surface area (Å²) < 4.78 is 1.98. The largest absolute Gasteiger partial charge is 0.339 e. The van der Waals surface area contributed by atoms with E-state index in [1.54, 1.807) is 11.8 Å². The van der Waals surface area contributed by atoms with Crippen LogP contribution in [0.2, 0.25) is 0 Å². The van der Waals surface area contributed by atoms with Crippen LogP contribution in [-0.2, 0) is 17.1 Å². The maximum atomic E-state index is 12.6. The van der Waals surface area contributed by atoms with Crippen LogP contribution in [0, 0.1) is 6.92 Å². The Morgan fingerprint density at radius 3 is 2.66 bits per heavy atom. The van der Waals surface area contributed by atoms with Crippen molar-refractivity contribution in [3.63, 3.8) is 0 Å². The van der Waals surface area contributed by atoms with Gasteiger partial charge in [-0.05, 0) is 41.3 Å². The van der Waals surface area contributed by atoms with Crippen LogP contribution in [-0.4, -0.2) is 67.8 Å². The SMILES string of the molecule is Cc1ccccc1CN1CCN(C(=O)CSCc2nnnn2C2CCCC2)CC1. The molecule has 1 aromatic heterocycles. The molecule has 2 aliphatic rings. The van der Waals surface area contributed by atoms with Gasteiger partial charge in [0.2, 0.25) is 5.91 Å². The van der Waals surface area contributed by atoms with Crippen LogP contribution in [0.15, 0.2) is 24.3 Å². The zero-order valence-electron chi connectivity index (χ0n) is 17.2. The lowest BCUT2D eigenvalue weighted by Gasteiger charge is -2.35. The van der Waals surface area contributed by atoms with Crippen molar-refractivity contribution >= 4 is 17.7 Å². The van der Waals surface area contributed by atoms with Gasteiger partial charge in [-0.2, -0.15) is 0 Å². The van der Waals surface area contributed by atoms with E-state index in [2.05, 4.69) is 51.6 Å². The van der Waals surface area contributed by atoms with Gasteiger partial charge < -0.3 is 4.90 Å². The smallest absolute Gasteiger partial charge is 0.232 e. The van der Waals surface area contributed by atoms with Crippen LogP contribution in [0.1, 0.15) is 48.7 Å². The average Bonchev–Trinajstić information content (AvgIpc) is 3.42. The molecule has 0 N–H and O–H groups in total. The summed E-state index contributed by atoms with van der Waals surface area (Å²) in [4.78, 5) is 17.1. The van der Waals surface area contributed by atoms with E-state index in [9.17, 15) is 4.79 Å². The van der Waals surface area contributed by atoms with Crippen molar-refractivity contribution < 1.29 is 4.79 Å². The zero-order valence-corrected chi connectivity index (χ0v) is 18.0. The number of aromatic nitrogens is 4. The maximum Gasteiger partial charge on any atom is 0.232 e. The number of aryl methyl sites for hydroxylation is 1. The quantitative estimate of drug-likeness (QED) is 0.694. The number of hydrogen-bond acceptors (Lipinski definition) is 6. The molecule has 1 amide bonds. The molecule has 2 heterocycles. The van der Waals surface area contributed by atoms with Crippen LogP contribution < -0.4 is 0 Å². The summed E-state index contributed by atoms with van der Waals surface area (Å²) in [5.74, 6) is 2.32. The minimum atomic E-state index is 0.227. The molecule has 1 saturated heterocycles. The molecule has 29 heavy (non-hydrogen) atoms. The summed E-state index contributed by atoms with van der Waals surface area (Å²) in [5.41, 5.74) is 2.71. The Hall–Kier alpha value is -1.93. The lowest BCUT2D eigenvalue weighted by molar-refractivity contribution is -0.130. The highest BCUT2D eigenvalue weighted by Crippen LogP contribution is 2.29. The van der Waals surface area contributed by atoms with E-state index >= 15 is 0 Å². The average molecular weight is 415 g/mol. The molecule has 2 fully saturated rings. The van der Waals surface area contributed by atoms with Gasteiger partial charge in [0.15, 0.2) is 5.82 Å². The first-order valence-corrected chi connectivity index (χ1v) is 11.8.